The zero-order chi connectivity index (χ0) is 16.1. The summed E-state index contributed by atoms with van der Waals surface area (Å²) in [6.07, 6.45) is 9.30. The molecule has 0 radical (unpaired) electrons. The molecule has 3 rings (SSSR count). The molecular formula is C18H24N2O3. The Labute approximate surface area is 136 Å². The second-order valence-corrected chi connectivity index (χ2v) is 6.20. The predicted octanol–water partition coefficient (Wildman–Crippen LogP) is 2.97. The second-order valence-electron chi connectivity index (χ2n) is 6.20. The van der Waals surface area contributed by atoms with E-state index in [9.17, 15) is 10.2 Å². The fraction of sp³-hybridized carbons (Fsp3) is 0.500. The van der Waals surface area contributed by atoms with E-state index in [0.717, 1.165) is 24.2 Å². The van der Waals surface area contributed by atoms with Crippen LogP contribution in [0.25, 0.3) is 11.4 Å². The molecular weight excluding hydrogens is 292 g/mol. The van der Waals surface area contributed by atoms with Gasteiger partial charge in [-0.15, -0.1) is 0 Å². The number of aromatic nitrogens is 2. The maximum Gasteiger partial charge on any atom is 0.139 e. The third-order valence-corrected chi connectivity index (χ3v) is 4.32. The van der Waals surface area contributed by atoms with Gasteiger partial charge in [-0.3, -0.25) is 0 Å². The van der Waals surface area contributed by atoms with E-state index >= 15 is 0 Å². The summed E-state index contributed by atoms with van der Waals surface area (Å²) in [5, 5.41) is 19.6. The van der Waals surface area contributed by atoms with E-state index in [4.69, 9.17) is 4.74 Å². The van der Waals surface area contributed by atoms with E-state index in [1.807, 2.05) is 22.9 Å². The Morgan fingerprint density at radius 1 is 1.17 bits per heavy atom. The molecule has 1 atom stereocenters. The molecule has 1 aliphatic carbocycles. The quantitative estimate of drug-likeness (QED) is 0.860. The van der Waals surface area contributed by atoms with Crippen LogP contribution in [0.3, 0.4) is 0 Å². The average Bonchev–Trinajstić information content (AvgIpc) is 3.03. The number of aliphatic hydroxyl groups excluding tert-OH is 1. The Balaban J connectivity index is 1.57. The molecule has 1 aromatic heterocycles. The van der Waals surface area contributed by atoms with Crippen LogP contribution in [0.1, 0.15) is 32.1 Å². The number of imidazole rings is 1. The molecule has 1 unspecified atom stereocenters. The van der Waals surface area contributed by atoms with Gasteiger partial charge in [-0.2, -0.15) is 0 Å². The standard InChI is InChI=1S/C18H24N2O3/c21-15-8-6-14(7-9-15)18-19-10-11-20(18)12-16(22)13-23-17-4-2-1-3-5-17/h6-11,16-17,21-22H,1-5,12-13H2. The molecule has 0 saturated heterocycles. The highest BCUT2D eigenvalue weighted by Gasteiger charge is 2.16. The van der Waals surface area contributed by atoms with Crippen molar-refractivity contribution >= 4 is 0 Å². The summed E-state index contributed by atoms with van der Waals surface area (Å²) in [5.41, 5.74) is 0.910. The summed E-state index contributed by atoms with van der Waals surface area (Å²) >= 11 is 0. The fourth-order valence-electron chi connectivity index (χ4n) is 3.09. The van der Waals surface area contributed by atoms with E-state index < -0.39 is 6.10 Å². The molecule has 1 fully saturated rings. The number of hydrogen-bond acceptors (Lipinski definition) is 4. The van der Waals surface area contributed by atoms with Crippen molar-refractivity contribution in [3.8, 4) is 17.1 Å². The molecule has 2 N–H and O–H groups in total. The first-order valence-corrected chi connectivity index (χ1v) is 8.32. The predicted molar refractivity (Wildman–Crippen MR) is 88.2 cm³/mol. The van der Waals surface area contributed by atoms with Crippen LogP contribution in [0.4, 0.5) is 0 Å². The van der Waals surface area contributed by atoms with Gasteiger partial charge < -0.3 is 19.5 Å². The lowest BCUT2D eigenvalue weighted by molar-refractivity contribution is -0.0282. The Bertz CT molecular complexity index is 603. The molecule has 5 nitrogen and oxygen atoms in total. The minimum atomic E-state index is -0.554. The normalized spacial score (nSPS) is 17.3. The number of ether oxygens (including phenoxy) is 1. The van der Waals surface area contributed by atoms with Gasteiger partial charge in [-0.1, -0.05) is 19.3 Å². The Morgan fingerprint density at radius 3 is 2.65 bits per heavy atom. The molecule has 1 aliphatic rings. The average molecular weight is 316 g/mol. The van der Waals surface area contributed by atoms with Gasteiger partial charge >= 0.3 is 0 Å². The van der Waals surface area contributed by atoms with Crippen molar-refractivity contribution in [3.05, 3.63) is 36.7 Å². The summed E-state index contributed by atoms with van der Waals surface area (Å²) in [6, 6.07) is 6.91. The lowest BCUT2D eigenvalue weighted by Crippen LogP contribution is -2.26. The first-order valence-electron chi connectivity index (χ1n) is 8.32. The van der Waals surface area contributed by atoms with E-state index in [1.54, 1.807) is 18.3 Å². The van der Waals surface area contributed by atoms with Crippen molar-refractivity contribution in [2.24, 2.45) is 0 Å². The molecule has 1 aromatic carbocycles. The zero-order valence-corrected chi connectivity index (χ0v) is 13.3. The van der Waals surface area contributed by atoms with Gasteiger partial charge in [-0.25, -0.2) is 4.98 Å². The van der Waals surface area contributed by atoms with E-state index in [1.165, 1.54) is 19.3 Å². The zero-order valence-electron chi connectivity index (χ0n) is 13.3. The molecule has 124 valence electrons. The first kappa shape index (κ1) is 16.0. The highest BCUT2D eigenvalue weighted by molar-refractivity contribution is 5.56. The fourth-order valence-corrected chi connectivity index (χ4v) is 3.09. The Hall–Kier alpha value is -1.85. The lowest BCUT2D eigenvalue weighted by atomic mass is 9.98. The van der Waals surface area contributed by atoms with Crippen LogP contribution in [0.15, 0.2) is 36.7 Å². The van der Waals surface area contributed by atoms with Crippen LogP contribution in [-0.4, -0.2) is 38.6 Å². The number of benzene rings is 1. The van der Waals surface area contributed by atoms with Gasteiger partial charge in [0.2, 0.25) is 0 Å². The largest absolute Gasteiger partial charge is 0.508 e. The van der Waals surface area contributed by atoms with E-state index in [2.05, 4.69) is 4.98 Å². The minimum Gasteiger partial charge on any atom is -0.508 e. The molecule has 0 bridgehead atoms. The van der Waals surface area contributed by atoms with Crippen LogP contribution in [0.2, 0.25) is 0 Å². The summed E-state index contributed by atoms with van der Waals surface area (Å²) in [4.78, 5) is 4.35. The maximum atomic E-state index is 10.3. The van der Waals surface area contributed by atoms with Gasteiger partial charge in [0.05, 0.1) is 25.4 Å². The summed E-state index contributed by atoms with van der Waals surface area (Å²) in [6.45, 7) is 0.806. The topological polar surface area (TPSA) is 67.5 Å². The lowest BCUT2D eigenvalue weighted by Gasteiger charge is -2.23. The van der Waals surface area contributed by atoms with Crippen LogP contribution >= 0.6 is 0 Å². The van der Waals surface area contributed by atoms with Gasteiger partial charge in [-0.05, 0) is 37.1 Å². The molecule has 1 saturated carbocycles. The number of phenols is 1. The molecule has 5 heteroatoms. The number of rotatable bonds is 6. The van der Waals surface area contributed by atoms with Crippen molar-refractivity contribution in [1.82, 2.24) is 9.55 Å². The Kier molecular flexibility index (Phi) is 5.31. The van der Waals surface area contributed by atoms with Crippen LogP contribution < -0.4 is 0 Å². The SMILES string of the molecule is Oc1ccc(-c2nccn2CC(O)COC2CCCCC2)cc1. The highest BCUT2D eigenvalue weighted by Crippen LogP contribution is 2.22. The van der Waals surface area contributed by atoms with Crippen molar-refractivity contribution < 1.29 is 14.9 Å². The van der Waals surface area contributed by atoms with Crippen molar-refractivity contribution in [2.45, 2.75) is 50.9 Å². The van der Waals surface area contributed by atoms with Gasteiger partial charge in [0.15, 0.2) is 0 Å². The van der Waals surface area contributed by atoms with Crippen LogP contribution in [0.5, 0.6) is 5.75 Å². The van der Waals surface area contributed by atoms with Gasteiger partial charge in [0.25, 0.3) is 0 Å². The highest BCUT2D eigenvalue weighted by atomic mass is 16.5. The minimum absolute atomic E-state index is 0.229. The summed E-state index contributed by atoms with van der Waals surface area (Å²) in [7, 11) is 0. The van der Waals surface area contributed by atoms with Crippen LogP contribution in [0, 0.1) is 0 Å². The van der Waals surface area contributed by atoms with Gasteiger partial charge in [0, 0.05) is 18.0 Å². The monoisotopic (exact) mass is 316 g/mol. The van der Waals surface area contributed by atoms with Crippen molar-refractivity contribution in [3.63, 3.8) is 0 Å². The Morgan fingerprint density at radius 2 is 1.91 bits per heavy atom. The number of aliphatic hydroxyl groups is 1. The molecule has 0 amide bonds. The van der Waals surface area contributed by atoms with Gasteiger partial charge in [0.1, 0.15) is 11.6 Å². The third-order valence-electron chi connectivity index (χ3n) is 4.32. The number of nitrogens with zero attached hydrogens (tertiary/aromatic N) is 2. The van der Waals surface area contributed by atoms with Crippen LogP contribution in [-0.2, 0) is 11.3 Å². The molecule has 1 heterocycles. The third kappa shape index (κ3) is 4.33. The van der Waals surface area contributed by atoms with E-state index in [0.29, 0.717) is 19.3 Å². The summed E-state index contributed by atoms with van der Waals surface area (Å²) < 4.78 is 7.76. The second kappa shape index (κ2) is 7.62. The number of phenolic OH excluding ortho intramolecular Hbond substituents is 1. The molecule has 2 aromatic rings. The first-order chi connectivity index (χ1) is 11.2. The maximum absolute atomic E-state index is 10.3. The number of hydrogen-bond donors (Lipinski definition) is 2. The van der Waals surface area contributed by atoms with Crippen molar-refractivity contribution in [2.75, 3.05) is 6.61 Å². The van der Waals surface area contributed by atoms with E-state index in [-0.39, 0.29) is 5.75 Å². The molecule has 0 spiro atoms. The smallest absolute Gasteiger partial charge is 0.139 e. The number of aromatic hydroxyl groups is 1. The summed E-state index contributed by atoms with van der Waals surface area (Å²) in [5.74, 6) is 1.01. The van der Waals surface area contributed by atoms with Crippen molar-refractivity contribution in [1.29, 1.82) is 0 Å². The molecule has 0 aliphatic heterocycles. The molecule has 23 heavy (non-hydrogen) atoms.